The van der Waals surface area contributed by atoms with E-state index in [0.717, 1.165) is 81.3 Å². The first-order chi connectivity index (χ1) is 35.9. The minimum Gasteiger partial charge on any atom is -0.491 e. The van der Waals surface area contributed by atoms with Crippen molar-refractivity contribution in [3.8, 4) is 17.4 Å². The van der Waals surface area contributed by atoms with Gasteiger partial charge in [-0.15, -0.1) is 0 Å². The summed E-state index contributed by atoms with van der Waals surface area (Å²) in [4.78, 5) is 43.5. The van der Waals surface area contributed by atoms with Gasteiger partial charge in [-0.1, -0.05) is 18.2 Å². The molecule has 4 atom stereocenters. The normalized spacial score (nSPS) is 24.2. The zero-order chi connectivity index (χ0) is 50.7. The van der Waals surface area contributed by atoms with Crippen molar-refractivity contribution in [3.05, 3.63) is 94.2 Å². The average Bonchev–Trinajstić information content (AvgIpc) is 3.86. The molecule has 0 radical (unpaired) electrons. The Morgan fingerprint density at radius 3 is 2.54 bits per heavy atom. The van der Waals surface area contributed by atoms with Crippen LogP contribution < -0.4 is 34.0 Å². The fourth-order valence-corrected chi connectivity index (χ4v) is 13.3. The quantitative estimate of drug-likeness (QED) is 0.0911. The van der Waals surface area contributed by atoms with Crippen LogP contribution in [0, 0.1) is 15.5 Å². The van der Waals surface area contributed by atoms with E-state index in [0.29, 0.717) is 81.6 Å². The number of nitro benzene ring substituents is 1. The number of morpholine rings is 2. The number of hydrogen-bond donors (Lipinski definition) is 3. The highest BCUT2D eigenvalue weighted by Gasteiger charge is 2.50. The summed E-state index contributed by atoms with van der Waals surface area (Å²) in [5.74, 6) is 0.384. The van der Waals surface area contributed by atoms with Gasteiger partial charge in [0.2, 0.25) is 5.88 Å². The highest BCUT2D eigenvalue weighted by molar-refractivity contribution is 7.90. The summed E-state index contributed by atoms with van der Waals surface area (Å²) < 4.78 is 67.3. The second kappa shape index (κ2) is 19.8. The average molecular weight is 1030 g/mol. The van der Waals surface area contributed by atoms with Crippen LogP contribution in [0.3, 0.4) is 0 Å². The third-order valence-electron chi connectivity index (χ3n) is 16.1. The maximum Gasteiger partial charge on any atom is 0.297 e. The molecule has 5 fully saturated rings. The lowest BCUT2D eigenvalue weighted by molar-refractivity contribution is -0.384. The standard InChI is InChI=1S/C53H63N9O11S/c1-33(2)72-46-6-4-3-5-39(46)45-31-70-22-18-60(45)37-27-53(28-37)11-14-59(15-12-53)36-7-8-40(42(24-36)61-41-10-19-69-32-48(41)73-52-44(61)23-34-9-13-54-50(34)56-52)51(63)57-74(66,67)38-25-43(62(64)65)49-47(26-38)71-30-35(55-49)29-58-16-20-68-21-17-58/h3-9,13,23-26,33,35,37,41,45,48,55H,10-12,14-22,27-32H2,1-2H3,(H,54,56)(H,57,63)/t35-,41+,45+,48+/m1/s1. The molecule has 6 aliphatic heterocycles. The summed E-state index contributed by atoms with van der Waals surface area (Å²) in [6, 6.07) is 20.0. The number of aromatic nitrogens is 2. The van der Waals surface area contributed by atoms with Crippen LogP contribution in [0.5, 0.6) is 17.4 Å². The summed E-state index contributed by atoms with van der Waals surface area (Å²) in [6.45, 7) is 12.0. The van der Waals surface area contributed by atoms with E-state index in [9.17, 15) is 23.3 Å². The molecule has 20 nitrogen and oxygen atoms in total. The SMILES string of the molecule is CC(C)Oc1ccccc1[C@@H]1COCCN1C1CC2(CCN(c3ccc(C(=O)NS(=O)(=O)c4cc5c(c([N+](=O)[O-])c4)N[C@H](CN4CCOCC4)CO5)c(N4c5cc6cc[nH]c6nc5O[C@H]5COCC[C@@H]54)c3)CC2)C1. The van der Waals surface area contributed by atoms with Crippen molar-refractivity contribution in [2.75, 3.05) is 101 Å². The number of benzene rings is 3. The van der Waals surface area contributed by atoms with Gasteiger partial charge in [-0.3, -0.25) is 24.7 Å². The van der Waals surface area contributed by atoms with Gasteiger partial charge in [-0.2, -0.15) is 4.98 Å². The van der Waals surface area contributed by atoms with Gasteiger partial charge in [0.15, 0.2) is 11.4 Å². The van der Waals surface area contributed by atoms with Crippen molar-refractivity contribution in [1.82, 2.24) is 24.5 Å². The molecule has 1 saturated carbocycles. The maximum atomic E-state index is 14.8. The first-order valence-corrected chi connectivity index (χ1v) is 27.5. The number of anilines is 4. The van der Waals surface area contributed by atoms with E-state index in [1.165, 1.54) is 11.6 Å². The Bertz CT molecular complexity index is 3040. The van der Waals surface area contributed by atoms with Crippen molar-refractivity contribution in [1.29, 1.82) is 0 Å². The molecule has 0 unspecified atom stereocenters. The molecule has 392 valence electrons. The number of hydrogen-bond acceptors (Lipinski definition) is 17. The van der Waals surface area contributed by atoms with E-state index in [4.69, 9.17) is 33.4 Å². The number of nitro groups is 1. The van der Waals surface area contributed by atoms with Crippen molar-refractivity contribution in [2.24, 2.45) is 5.41 Å². The summed E-state index contributed by atoms with van der Waals surface area (Å²) in [6.07, 6.45) is 6.19. The predicted octanol–water partition coefficient (Wildman–Crippen LogP) is 6.39. The summed E-state index contributed by atoms with van der Waals surface area (Å²) in [5.41, 5.74) is 3.73. The monoisotopic (exact) mass is 1030 g/mol. The molecule has 12 rings (SSSR count). The molecule has 74 heavy (non-hydrogen) atoms. The molecule has 3 N–H and O–H groups in total. The van der Waals surface area contributed by atoms with Crippen molar-refractivity contribution >= 4 is 55.4 Å². The number of carbonyl (C=O) groups is 1. The third-order valence-corrected chi connectivity index (χ3v) is 17.4. The Morgan fingerprint density at radius 1 is 0.932 bits per heavy atom. The fourth-order valence-electron chi connectivity index (χ4n) is 12.3. The van der Waals surface area contributed by atoms with Gasteiger partial charge < -0.3 is 48.5 Å². The number of amides is 1. The van der Waals surface area contributed by atoms with Crippen molar-refractivity contribution in [2.45, 2.75) is 87.2 Å². The number of H-pyrrole nitrogens is 1. The number of carbonyl (C=O) groups excluding carboxylic acids is 1. The number of rotatable bonds is 12. The Morgan fingerprint density at radius 2 is 1.73 bits per heavy atom. The van der Waals surface area contributed by atoms with Gasteiger partial charge in [-0.25, -0.2) is 13.1 Å². The van der Waals surface area contributed by atoms with Crippen LogP contribution in [-0.4, -0.2) is 155 Å². The highest BCUT2D eigenvalue weighted by Crippen LogP contribution is 2.54. The third kappa shape index (κ3) is 9.35. The number of fused-ring (bicyclic) bond motifs is 4. The molecule has 4 saturated heterocycles. The maximum absolute atomic E-state index is 14.8. The van der Waals surface area contributed by atoms with Crippen molar-refractivity contribution < 1.29 is 46.6 Å². The number of ether oxygens (including phenoxy) is 6. The van der Waals surface area contributed by atoms with Gasteiger partial charge in [0.05, 0.1) is 78.3 Å². The Kier molecular flexibility index (Phi) is 13.0. The molecule has 1 amide bonds. The topological polar surface area (TPSA) is 215 Å². The van der Waals surface area contributed by atoms with Gasteiger partial charge in [-0.05, 0) is 87.8 Å². The van der Waals surface area contributed by atoms with E-state index < -0.39 is 37.5 Å². The number of para-hydroxylation sites is 1. The summed E-state index contributed by atoms with van der Waals surface area (Å²) >= 11 is 0. The number of pyridine rings is 1. The number of sulfonamides is 1. The van der Waals surface area contributed by atoms with E-state index in [1.54, 1.807) is 12.3 Å². The minimum absolute atomic E-state index is 0.0124. The Labute approximate surface area is 429 Å². The molecule has 1 spiro atoms. The van der Waals surface area contributed by atoms with Gasteiger partial charge in [0.1, 0.15) is 29.8 Å². The minimum atomic E-state index is -4.71. The summed E-state index contributed by atoms with van der Waals surface area (Å²) in [7, 11) is -4.71. The molecule has 1 aliphatic carbocycles. The second-order valence-electron chi connectivity index (χ2n) is 21.0. The second-order valence-corrected chi connectivity index (χ2v) is 22.7. The van der Waals surface area contributed by atoms with Gasteiger partial charge >= 0.3 is 0 Å². The number of nitrogens with one attached hydrogen (secondary N) is 3. The first kappa shape index (κ1) is 48.7. The van der Waals surface area contributed by atoms with Gasteiger partial charge in [0, 0.05) is 86.9 Å². The lowest BCUT2D eigenvalue weighted by Gasteiger charge is -2.57. The van der Waals surface area contributed by atoms with Crippen LogP contribution in [0.1, 0.15) is 67.9 Å². The van der Waals surface area contributed by atoms with E-state index in [2.05, 4.69) is 66.7 Å². The first-order valence-electron chi connectivity index (χ1n) is 26.0. The van der Waals surface area contributed by atoms with Crippen LogP contribution in [0.25, 0.3) is 11.0 Å². The lowest BCUT2D eigenvalue weighted by Crippen LogP contribution is -2.57. The fraction of sp³-hybridized carbons (Fsp3) is 0.509. The molecular weight excluding hydrogens is 971 g/mol. The number of nitrogens with zero attached hydrogens (tertiary/aromatic N) is 6. The van der Waals surface area contributed by atoms with E-state index in [-0.39, 0.29) is 53.3 Å². The number of piperidine rings is 1. The van der Waals surface area contributed by atoms with Crippen LogP contribution >= 0.6 is 0 Å². The molecular formula is C53H63N9O11S. The smallest absolute Gasteiger partial charge is 0.297 e. The van der Waals surface area contributed by atoms with Crippen LogP contribution in [-0.2, 0) is 24.2 Å². The van der Waals surface area contributed by atoms with Crippen molar-refractivity contribution in [3.63, 3.8) is 0 Å². The van der Waals surface area contributed by atoms with E-state index >= 15 is 0 Å². The molecule has 7 aliphatic rings. The predicted molar refractivity (Wildman–Crippen MR) is 276 cm³/mol. The van der Waals surface area contributed by atoms with E-state index in [1.807, 2.05) is 30.3 Å². The molecule has 5 aromatic rings. The zero-order valence-electron chi connectivity index (χ0n) is 41.7. The van der Waals surface area contributed by atoms with Crippen LogP contribution in [0.4, 0.5) is 28.4 Å². The lowest BCUT2D eigenvalue weighted by atomic mass is 9.59. The largest absolute Gasteiger partial charge is 0.491 e. The Balaban J connectivity index is 0.825. The molecule has 2 aromatic heterocycles. The zero-order valence-corrected chi connectivity index (χ0v) is 42.5. The van der Waals surface area contributed by atoms with Crippen LogP contribution in [0.15, 0.2) is 77.8 Å². The van der Waals surface area contributed by atoms with Crippen LogP contribution in [0.2, 0.25) is 0 Å². The molecule has 3 aromatic carbocycles. The Hall–Kier alpha value is -6.23. The molecule has 21 heteroatoms. The molecule has 0 bridgehead atoms. The summed E-state index contributed by atoms with van der Waals surface area (Å²) in [5, 5.41) is 16.6. The van der Waals surface area contributed by atoms with Gasteiger partial charge in [0.25, 0.3) is 21.6 Å². The number of aromatic amines is 1. The molecule has 8 heterocycles. The highest BCUT2D eigenvalue weighted by atomic mass is 32.2.